The summed E-state index contributed by atoms with van der Waals surface area (Å²) in [6, 6.07) is 13.7. The third-order valence-corrected chi connectivity index (χ3v) is 9.22. The maximum Gasteiger partial charge on any atom is 0.254 e. The van der Waals surface area contributed by atoms with Crippen LogP contribution in [-0.4, -0.2) is 77.3 Å². The highest BCUT2D eigenvalue weighted by Gasteiger charge is 2.49. The van der Waals surface area contributed by atoms with Crippen LogP contribution in [0, 0.1) is 6.92 Å². The number of thioether (sulfide) groups is 1. The summed E-state index contributed by atoms with van der Waals surface area (Å²) in [4.78, 5) is 41.7. The number of aryl methyl sites for hydroxylation is 1. The Morgan fingerprint density at radius 3 is 2.34 bits per heavy atom. The monoisotopic (exact) mass is 604 g/mol. The van der Waals surface area contributed by atoms with Crippen molar-refractivity contribution < 1.29 is 27.9 Å². The normalized spacial score (nSPS) is 18.8. The Kier molecular flexibility index (Phi) is 11.0. The minimum atomic E-state index is -3.68. The first-order chi connectivity index (χ1) is 19.2. The molecule has 1 fully saturated rings. The molecule has 2 aromatic carbocycles. The highest BCUT2D eigenvalue weighted by atomic mass is 32.2. The molecule has 1 heterocycles. The van der Waals surface area contributed by atoms with E-state index >= 15 is 0 Å². The van der Waals surface area contributed by atoms with Crippen molar-refractivity contribution in [1.82, 2.24) is 20.3 Å². The Morgan fingerprint density at radius 2 is 1.73 bits per heavy atom. The second-order valence-corrected chi connectivity index (χ2v) is 14.2. The van der Waals surface area contributed by atoms with Crippen LogP contribution in [0.5, 0.6) is 0 Å². The lowest BCUT2D eigenvalue weighted by atomic mass is 9.96. The van der Waals surface area contributed by atoms with Gasteiger partial charge in [-0.3, -0.25) is 14.4 Å². The quantitative estimate of drug-likeness (QED) is 0.289. The van der Waals surface area contributed by atoms with E-state index in [-0.39, 0.29) is 24.6 Å². The fraction of sp³-hybridized carbons (Fsp3) is 0.483. The van der Waals surface area contributed by atoms with Gasteiger partial charge in [-0.25, -0.2) is 13.1 Å². The van der Waals surface area contributed by atoms with Gasteiger partial charge in [0.05, 0.1) is 18.2 Å². The molecule has 0 bridgehead atoms. The molecule has 0 saturated carbocycles. The smallest absolute Gasteiger partial charge is 0.254 e. The minimum Gasteiger partial charge on any atom is -0.381 e. The number of rotatable bonds is 12. The molecule has 12 heteroatoms. The molecular formula is C29H40N4O6S2. The predicted octanol–water partition coefficient (Wildman–Crippen LogP) is 1.71. The summed E-state index contributed by atoms with van der Waals surface area (Å²) < 4.78 is 25.2. The van der Waals surface area contributed by atoms with Crippen molar-refractivity contribution in [3.8, 4) is 0 Å². The third kappa shape index (κ3) is 8.78. The van der Waals surface area contributed by atoms with Crippen molar-refractivity contribution in [2.45, 2.75) is 76.1 Å². The Bertz CT molecular complexity index is 1340. The van der Waals surface area contributed by atoms with Crippen LogP contribution in [0.1, 0.15) is 43.9 Å². The Hall–Kier alpha value is -2.93. The minimum absolute atomic E-state index is 0.114. The van der Waals surface area contributed by atoms with E-state index in [9.17, 15) is 27.9 Å². The zero-order valence-corrected chi connectivity index (χ0v) is 25.7. The van der Waals surface area contributed by atoms with Crippen molar-refractivity contribution in [2.75, 3.05) is 12.1 Å². The molecule has 3 rings (SSSR count). The first kappa shape index (κ1) is 32.6. The summed E-state index contributed by atoms with van der Waals surface area (Å²) >= 11 is 1.43. The van der Waals surface area contributed by atoms with Crippen LogP contribution in [0.2, 0.25) is 0 Å². The summed E-state index contributed by atoms with van der Waals surface area (Å²) in [5.74, 6) is -1.50. The molecule has 0 spiro atoms. The van der Waals surface area contributed by atoms with Gasteiger partial charge in [0.2, 0.25) is 21.8 Å². The molecule has 4 atom stereocenters. The van der Waals surface area contributed by atoms with E-state index in [1.807, 2.05) is 51.1 Å². The van der Waals surface area contributed by atoms with Gasteiger partial charge < -0.3 is 20.6 Å². The van der Waals surface area contributed by atoms with Crippen LogP contribution in [0.4, 0.5) is 0 Å². The Morgan fingerprint density at radius 1 is 1.10 bits per heavy atom. The first-order valence-electron chi connectivity index (χ1n) is 13.5. The lowest BCUT2D eigenvalue weighted by molar-refractivity contribution is -0.148. The van der Waals surface area contributed by atoms with E-state index in [2.05, 4.69) is 15.4 Å². The summed E-state index contributed by atoms with van der Waals surface area (Å²) in [7, 11) is -3.68. The molecule has 3 amide bonds. The van der Waals surface area contributed by atoms with E-state index in [0.29, 0.717) is 6.54 Å². The average Bonchev–Trinajstić information content (AvgIpc) is 3.24. The van der Waals surface area contributed by atoms with Crippen molar-refractivity contribution in [2.24, 2.45) is 0 Å². The van der Waals surface area contributed by atoms with Crippen LogP contribution in [0.15, 0.2) is 54.6 Å². The fourth-order valence-corrected chi connectivity index (χ4v) is 6.75. The van der Waals surface area contributed by atoms with Gasteiger partial charge in [0, 0.05) is 11.3 Å². The first-order valence-corrected chi connectivity index (χ1v) is 16.4. The molecule has 0 radical (unpaired) electrons. The lowest BCUT2D eigenvalue weighted by Gasteiger charge is -2.33. The van der Waals surface area contributed by atoms with Crippen molar-refractivity contribution >= 4 is 39.5 Å². The predicted molar refractivity (Wildman–Crippen MR) is 160 cm³/mol. The SMILES string of the molecule is CC[C@H](NS(C)(=O)=O)C(=O)N[C@@H](Cc1ccccc1)[C@H](O)C(=O)N1CSC(C)(C)[C@H]1C(=O)NCc1ccccc1C. The summed E-state index contributed by atoms with van der Waals surface area (Å²) in [5, 5.41) is 17.0. The molecular weight excluding hydrogens is 564 g/mol. The van der Waals surface area contributed by atoms with Gasteiger partial charge in [0.25, 0.3) is 5.91 Å². The lowest BCUT2D eigenvalue weighted by Crippen LogP contribution is -2.60. The van der Waals surface area contributed by atoms with E-state index in [4.69, 9.17) is 0 Å². The van der Waals surface area contributed by atoms with Gasteiger partial charge in [-0.1, -0.05) is 61.5 Å². The maximum atomic E-state index is 13.8. The number of hydrogen-bond donors (Lipinski definition) is 4. The van der Waals surface area contributed by atoms with Gasteiger partial charge in [0.15, 0.2) is 6.10 Å². The maximum absolute atomic E-state index is 13.8. The van der Waals surface area contributed by atoms with Crippen LogP contribution in [0.3, 0.4) is 0 Å². The number of hydrogen-bond acceptors (Lipinski definition) is 7. The van der Waals surface area contributed by atoms with Gasteiger partial charge in [-0.15, -0.1) is 11.8 Å². The highest BCUT2D eigenvalue weighted by molar-refractivity contribution is 8.00. The molecule has 1 aliphatic rings. The molecule has 224 valence electrons. The fourth-order valence-electron chi connectivity index (χ4n) is 4.82. The Labute approximate surface area is 246 Å². The number of benzene rings is 2. The van der Waals surface area contributed by atoms with E-state index in [0.717, 1.165) is 22.9 Å². The third-order valence-electron chi connectivity index (χ3n) is 7.13. The number of nitrogens with one attached hydrogen (secondary N) is 3. The molecule has 0 unspecified atom stereocenters. The van der Waals surface area contributed by atoms with Crippen molar-refractivity contribution in [3.05, 3.63) is 71.3 Å². The van der Waals surface area contributed by atoms with E-state index < -0.39 is 50.8 Å². The van der Waals surface area contributed by atoms with Crippen molar-refractivity contribution in [3.63, 3.8) is 0 Å². The number of carbonyl (C=O) groups is 3. The van der Waals surface area contributed by atoms with Crippen LogP contribution >= 0.6 is 11.8 Å². The van der Waals surface area contributed by atoms with Crippen LogP contribution in [0.25, 0.3) is 0 Å². The van der Waals surface area contributed by atoms with E-state index in [1.165, 1.54) is 16.7 Å². The van der Waals surface area contributed by atoms with E-state index in [1.54, 1.807) is 31.2 Å². The van der Waals surface area contributed by atoms with Gasteiger partial charge in [-0.05, 0) is 50.3 Å². The zero-order chi connectivity index (χ0) is 30.4. The largest absolute Gasteiger partial charge is 0.381 e. The number of nitrogens with zero attached hydrogens (tertiary/aromatic N) is 1. The van der Waals surface area contributed by atoms with Gasteiger partial charge in [-0.2, -0.15) is 0 Å². The number of carbonyl (C=O) groups excluding carboxylic acids is 3. The molecule has 1 aliphatic heterocycles. The second-order valence-electron chi connectivity index (χ2n) is 10.8. The molecule has 10 nitrogen and oxygen atoms in total. The van der Waals surface area contributed by atoms with Gasteiger partial charge in [0.1, 0.15) is 12.1 Å². The number of aliphatic hydroxyl groups excluding tert-OH is 1. The molecule has 0 aliphatic carbocycles. The molecule has 4 N–H and O–H groups in total. The molecule has 2 aromatic rings. The molecule has 1 saturated heterocycles. The summed E-state index contributed by atoms with van der Waals surface area (Å²) in [6.07, 6.45) is -0.444. The second kappa shape index (κ2) is 13.8. The average molecular weight is 605 g/mol. The topological polar surface area (TPSA) is 145 Å². The Balaban J connectivity index is 1.82. The zero-order valence-electron chi connectivity index (χ0n) is 24.1. The van der Waals surface area contributed by atoms with Crippen molar-refractivity contribution in [1.29, 1.82) is 0 Å². The standard InChI is InChI=1S/C29H40N4O6S2/c1-6-22(32-41(5,38)39)26(35)31-23(16-20-13-8-7-9-14-20)24(34)28(37)33-18-40-29(3,4)25(33)27(36)30-17-21-15-11-10-12-19(21)2/h7-15,22-25,32,34H,6,16-18H2,1-5H3,(H,30,36)(H,31,35)/t22-,23-,24-,25+/m0/s1. The van der Waals surface area contributed by atoms with Crippen LogP contribution in [-0.2, 0) is 37.4 Å². The van der Waals surface area contributed by atoms with Crippen LogP contribution < -0.4 is 15.4 Å². The summed E-state index contributed by atoms with van der Waals surface area (Å²) in [5.41, 5.74) is 2.75. The molecule has 0 aromatic heterocycles. The highest BCUT2D eigenvalue weighted by Crippen LogP contribution is 2.40. The molecule has 41 heavy (non-hydrogen) atoms. The number of sulfonamides is 1. The number of aliphatic hydroxyl groups is 1. The summed E-state index contributed by atoms with van der Waals surface area (Å²) in [6.45, 7) is 7.66. The van der Waals surface area contributed by atoms with Gasteiger partial charge >= 0.3 is 0 Å². The number of amides is 3.